The molecule has 2 aromatic rings. The minimum absolute atomic E-state index is 0.0244. The molecule has 1 heterocycles. The number of aryl methyl sites for hydroxylation is 1. The van der Waals surface area contributed by atoms with Gasteiger partial charge in [-0.25, -0.2) is 8.42 Å². The Hall–Kier alpha value is -2.25. The van der Waals surface area contributed by atoms with E-state index in [4.69, 9.17) is 16.3 Å². The first-order valence-electron chi connectivity index (χ1n) is 6.71. The van der Waals surface area contributed by atoms with Gasteiger partial charge in [-0.05, 0) is 48.9 Å². The molecule has 0 saturated carbocycles. The van der Waals surface area contributed by atoms with Crippen LogP contribution in [0.25, 0.3) is 0 Å². The van der Waals surface area contributed by atoms with Crippen LogP contribution < -0.4 is 14.8 Å². The van der Waals surface area contributed by atoms with Crippen LogP contribution in [0.4, 0.5) is 11.4 Å². The predicted molar refractivity (Wildman–Crippen MR) is 87.6 cm³/mol. The van der Waals surface area contributed by atoms with Gasteiger partial charge in [0.25, 0.3) is 15.9 Å². The second kappa shape index (κ2) is 5.75. The monoisotopic (exact) mass is 352 g/mol. The summed E-state index contributed by atoms with van der Waals surface area (Å²) in [5.74, 6) is 0.111. The van der Waals surface area contributed by atoms with Gasteiger partial charge in [-0.2, -0.15) is 0 Å². The number of carbonyl (C=O) groups is 1. The van der Waals surface area contributed by atoms with Crippen molar-refractivity contribution >= 4 is 38.9 Å². The van der Waals surface area contributed by atoms with E-state index in [9.17, 15) is 13.2 Å². The summed E-state index contributed by atoms with van der Waals surface area (Å²) in [7, 11) is -3.80. The van der Waals surface area contributed by atoms with Gasteiger partial charge in [-0.1, -0.05) is 11.6 Å². The number of anilines is 2. The van der Waals surface area contributed by atoms with Gasteiger partial charge in [0.1, 0.15) is 5.75 Å². The maximum atomic E-state index is 12.5. The number of hydrogen-bond acceptors (Lipinski definition) is 4. The van der Waals surface area contributed by atoms with Crippen molar-refractivity contribution < 1.29 is 17.9 Å². The van der Waals surface area contributed by atoms with E-state index in [1.165, 1.54) is 18.2 Å². The zero-order chi connectivity index (χ0) is 16.6. The predicted octanol–water partition coefficient (Wildman–Crippen LogP) is 2.78. The molecule has 1 amide bonds. The van der Waals surface area contributed by atoms with Gasteiger partial charge in [0.15, 0.2) is 6.61 Å². The van der Waals surface area contributed by atoms with Crippen LogP contribution in [0.2, 0.25) is 5.02 Å². The fraction of sp³-hybridized carbons (Fsp3) is 0.133. The highest BCUT2D eigenvalue weighted by atomic mass is 35.5. The van der Waals surface area contributed by atoms with E-state index in [0.29, 0.717) is 27.7 Å². The normalized spacial score (nSPS) is 13.7. The van der Waals surface area contributed by atoms with Gasteiger partial charge in [0.2, 0.25) is 0 Å². The second-order valence-electron chi connectivity index (χ2n) is 5.06. The topological polar surface area (TPSA) is 84.5 Å². The molecule has 0 atom stereocenters. The molecular formula is C15H13ClN2O4S. The number of fused-ring (bicyclic) bond motifs is 1. The molecule has 2 aromatic carbocycles. The maximum absolute atomic E-state index is 12.5. The van der Waals surface area contributed by atoms with E-state index in [1.807, 2.05) is 0 Å². The Morgan fingerprint density at radius 3 is 2.74 bits per heavy atom. The number of hydrogen-bond donors (Lipinski definition) is 2. The molecule has 0 bridgehead atoms. The van der Waals surface area contributed by atoms with Crippen LogP contribution in [0, 0.1) is 6.92 Å². The molecule has 1 aliphatic heterocycles. The Balaban J connectivity index is 1.93. The lowest BCUT2D eigenvalue weighted by Gasteiger charge is -2.19. The Labute approximate surface area is 138 Å². The van der Waals surface area contributed by atoms with Crippen LogP contribution >= 0.6 is 11.6 Å². The van der Waals surface area contributed by atoms with Crippen molar-refractivity contribution in [3.05, 3.63) is 47.0 Å². The smallest absolute Gasteiger partial charge is 0.262 e. The summed E-state index contributed by atoms with van der Waals surface area (Å²) in [5, 5.41) is 3.11. The van der Waals surface area contributed by atoms with Crippen molar-refractivity contribution in [1.29, 1.82) is 0 Å². The van der Waals surface area contributed by atoms with Crippen LogP contribution in [0.5, 0.6) is 5.75 Å². The largest absolute Gasteiger partial charge is 0.482 e. The van der Waals surface area contributed by atoms with Crippen molar-refractivity contribution in [3.63, 3.8) is 0 Å². The van der Waals surface area contributed by atoms with Gasteiger partial charge in [0.05, 0.1) is 16.3 Å². The molecule has 0 unspecified atom stereocenters. The zero-order valence-electron chi connectivity index (χ0n) is 12.1. The molecule has 0 saturated heterocycles. The molecule has 3 rings (SSSR count). The average Bonchev–Trinajstić information content (AvgIpc) is 2.49. The molecule has 0 spiro atoms. The summed E-state index contributed by atoms with van der Waals surface area (Å²) in [5.41, 5.74) is 1.47. The van der Waals surface area contributed by atoms with E-state index < -0.39 is 10.0 Å². The highest BCUT2D eigenvalue weighted by Crippen LogP contribution is 2.31. The molecule has 0 radical (unpaired) electrons. The second-order valence-corrected chi connectivity index (χ2v) is 7.18. The number of benzene rings is 2. The quantitative estimate of drug-likeness (QED) is 0.889. The highest BCUT2D eigenvalue weighted by Gasteiger charge is 2.21. The van der Waals surface area contributed by atoms with E-state index in [2.05, 4.69) is 10.0 Å². The van der Waals surface area contributed by atoms with Crippen LogP contribution in [-0.2, 0) is 14.8 Å². The fourth-order valence-electron chi connectivity index (χ4n) is 2.17. The van der Waals surface area contributed by atoms with Crippen molar-refractivity contribution in [1.82, 2.24) is 0 Å². The standard InChI is InChI=1S/C15H13ClN2O4S/c1-9-6-10(16)2-4-12(9)18-23(20,21)11-3-5-14-13(7-11)17-15(19)8-22-14/h2-7,18H,8H2,1H3,(H,17,19). The Bertz CT molecular complexity index is 896. The Kier molecular flexibility index (Phi) is 3.91. The summed E-state index contributed by atoms with van der Waals surface area (Å²) in [6.07, 6.45) is 0. The summed E-state index contributed by atoms with van der Waals surface area (Å²) >= 11 is 5.87. The minimum atomic E-state index is -3.80. The SMILES string of the molecule is Cc1cc(Cl)ccc1NS(=O)(=O)c1ccc2c(c1)NC(=O)CO2. The number of sulfonamides is 1. The third-order valence-corrected chi connectivity index (χ3v) is 4.93. The van der Waals surface area contributed by atoms with Gasteiger partial charge in [-0.3, -0.25) is 9.52 Å². The molecule has 2 N–H and O–H groups in total. The maximum Gasteiger partial charge on any atom is 0.262 e. The number of halogens is 1. The number of carbonyl (C=O) groups excluding carboxylic acids is 1. The van der Waals surface area contributed by atoms with E-state index in [-0.39, 0.29) is 17.4 Å². The average molecular weight is 353 g/mol. The number of nitrogens with one attached hydrogen (secondary N) is 2. The summed E-state index contributed by atoms with van der Waals surface area (Å²) < 4.78 is 32.7. The van der Waals surface area contributed by atoms with E-state index in [1.54, 1.807) is 25.1 Å². The Morgan fingerprint density at radius 2 is 2.00 bits per heavy atom. The number of ether oxygens (including phenoxy) is 1. The first-order chi connectivity index (χ1) is 10.8. The lowest BCUT2D eigenvalue weighted by atomic mass is 10.2. The molecule has 0 aromatic heterocycles. The van der Waals surface area contributed by atoms with E-state index >= 15 is 0 Å². The first kappa shape index (κ1) is 15.6. The first-order valence-corrected chi connectivity index (χ1v) is 8.57. The third-order valence-electron chi connectivity index (χ3n) is 3.33. The molecular weight excluding hydrogens is 340 g/mol. The van der Waals surface area contributed by atoms with Gasteiger partial charge >= 0.3 is 0 Å². The molecule has 1 aliphatic rings. The third kappa shape index (κ3) is 3.25. The lowest BCUT2D eigenvalue weighted by molar-refractivity contribution is -0.118. The van der Waals surface area contributed by atoms with Crippen LogP contribution in [0.3, 0.4) is 0 Å². The minimum Gasteiger partial charge on any atom is -0.482 e. The van der Waals surface area contributed by atoms with Gasteiger partial charge in [0, 0.05) is 5.02 Å². The molecule has 23 heavy (non-hydrogen) atoms. The fourth-order valence-corrected chi connectivity index (χ4v) is 3.56. The molecule has 6 nitrogen and oxygen atoms in total. The van der Waals surface area contributed by atoms with Crippen molar-refractivity contribution in [2.45, 2.75) is 11.8 Å². The van der Waals surface area contributed by atoms with Crippen molar-refractivity contribution in [3.8, 4) is 5.75 Å². The summed E-state index contributed by atoms with van der Waals surface area (Å²) in [6.45, 7) is 1.67. The molecule has 0 fully saturated rings. The number of amides is 1. The van der Waals surface area contributed by atoms with Gasteiger partial charge < -0.3 is 10.1 Å². The summed E-state index contributed by atoms with van der Waals surface area (Å²) in [4.78, 5) is 11.4. The van der Waals surface area contributed by atoms with Crippen LogP contribution in [-0.4, -0.2) is 20.9 Å². The lowest BCUT2D eigenvalue weighted by Crippen LogP contribution is -2.25. The van der Waals surface area contributed by atoms with Crippen LogP contribution in [0.15, 0.2) is 41.3 Å². The Morgan fingerprint density at radius 1 is 1.22 bits per heavy atom. The van der Waals surface area contributed by atoms with Gasteiger partial charge in [-0.15, -0.1) is 0 Å². The molecule has 0 aliphatic carbocycles. The molecule has 120 valence electrons. The summed E-state index contributed by atoms with van der Waals surface area (Å²) in [6, 6.07) is 9.16. The van der Waals surface area contributed by atoms with E-state index in [0.717, 1.165) is 0 Å². The number of rotatable bonds is 3. The zero-order valence-corrected chi connectivity index (χ0v) is 13.7. The highest BCUT2D eigenvalue weighted by molar-refractivity contribution is 7.92. The molecule has 8 heteroatoms. The van der Waals surface area contributed by atoms with Crippen LogP contribution in [0.1, 0.15) is 5.56 Å². The van der Waals surface area contributed by atoms with Crippen molar-refractivity contribution in [2.24, 2.45) is 0 Å². The van der Waals surface area contributed by atoms with Crippen molar-refractivity contribution in [2.75, 3.05) is 16.6 Å².